The van der Waals surface area contributed by atoms with Crippen molar-refractivity contribution in [3.05, 3.63) is 83.9 Å². The van der Waals surface area contributed by atoms with E-state index < -0.39 is 0 Å². The first-order valence-corrected chi connectivity index (χ1v) is 11.7. The number of nitrogens with zero attached hydrogens (tertiary/aromatic N) is 4. The topological polar surface area (TPSA) is 60.2 Å². The highest BCUT2D eigenvalue weighted by Crippen LogP contribution is 2.39. The highest BCUT2D eigenvalue weighted by Gasteiger charge is 2.24. The first-order chi connectivity index (χ1) is 16.2. The van der Waals surface area contributed by atoms with E-state index in [0.717, 1.165) is 28.4 Å². The van der Waals surface area contributed by atoms with Gasteiger partial charge in [-0.25, -0.2) is 9.97 Å². The summed E-state index contributed by atoms with van der Waals surface area (Å²) in [5.74, 6) is 0.541. The van der Waals surface area contributed by atoms with Crippen molar-refractivity contribution in [1.29, 1.82) is 0 Å². The molecule has 1 amide bonds. The summed E-state index contributed by atoms with van der Waals surface area (Å²) < 4.78 is 8.28. The van der Waals surface area contributed by atoms with E-state index in [9.17, 15) is 4.79 Å². The molecule has 8 heteroatoms. The van der Waals surface area contributed by atoms with Crippen molar-refractivity contribution in [2.75, 3.05) is 18.6 Å². The molecule has 0 aliphatic rings. The van der Waals surface area contributed by atoms with Crippen LogP contribution in [-0.4, -0.2) is 34.1 Å². The molecule has 0 N–H and O–H groups in total. The minimum absolute atomic E-state index is 0.0911. The number of imidazole rings is 1. The van der Waals surface area contributed by atoms with Crippen molar-refractivity contribution in [3.8, 4) is 5.75 Å². The Balaban J connectivity index is 1.56. The van der Waals surface area contributed by atoms with Gasteiger partial charge in [-0.15, -0.1) is 0 Å². The number of carbonyl (C=O) groups excluding carboxylic acids is 1. The lowest BCUT2D eigenvalue weighted by Crippen LogP contribution is -2.32. The van der Waals surface area contributed by atoms with Gasteiger partial charge in [-0.3, -0.25) is 9.69 Å². The monoisotopic (exact) mass is 476 g/mol. The first-order valence-electron chi connectivity index (χ1n) is 10.5. The van der Waals surface area contributed by atoms with Gasteiger partial charge < -0.3 is 9.30 Å². The zero-order chi connectivity index (χ0) is 22.8. The predicted octanol–water partition coefficient (Wildman–Crippen LogP) is 6.05. The summed E-state index contributed by atoms with van der Waals surface area (Å²) in [5.41, 5.74) is 1.31. The number of ether oxygens (including phenoxy) is 1. The van der Waals surface area contributed by atoms with Crippen LogP contribution in [0.3, 0.4) is 0 Å². The second-order valence-corrected chi connectivity index (χ2v) is 8.95. The zero-order valence-electron chi connectivity index (χ0n) is 17.9. The first kappa shape index (κ1) is 21.4. The average Bonchev–Trinajstić information content (AvgIpc) is 3.52. The van der Waals surface area contributed by atoms with Crippen LogP contribution in [0.2, 0.25) is 5.02 Å². The van der Waals surface area contributed by atoms with E-state index in [1.165, 1.54) is 11.3 Å². The van der Waals surface area contributed by atoms with E-state index in [1.54, 1.807) is 36.7 Å². The van der Waals surface area contributed by atoms with Gasteiger partial charge >= 0.3 is 0 Å². The van der Waals surface area contributed by atoms with Gasteiger partial charge in [0.25, 0.3) is 5.91 Å². The van der Waals surface area contributed by atoms with Gasteiger partial charge in [-0.05, 0) is 35.4 Å². The molecule has 166 valence electrons. The molecule has 6 nitrogen and oxygen atoms in total. The van der Waals surface area contributed by atoms with E-state index in [0.29, 0.717) is 33.5 Å². The van der Waals surface area contributed by atoms with Gasteiger partial charge in [-0.2, -0.15) is 0 Å². The van der Waals surface area contributed by atoms with Crippen LogP contribution in [0.1, 0.15) is 16.8 Å². The normalized spacial score (nSPS) is 11.2. The number of rotatable bonds is 7. The Morgan fingerprint density at radius 3 is 2.82 bits per heavy atom. The summed E-state index contributed by atoms with van der Waals surface area (Å²) in [7, 11) is 1.60. The molecule has 0 unspecified atom stereocenters. The van der Waals surface area contributed by atoms with Gasteiger partial charge in [0.05, 0.1) is 23.2 Å². The SMILES string of the molecule is COc1ccc(Cl)c2sc(N(CCCn3ccnc3)C(=O)c3cccc4ccccc34)nc12. The average molecular weight is 477 g/mol. The highest BCUT2D eigenvalue weighted by atomic mass is 35.5. The van der Waals surface area contributed by atoms with Crippen molar-refractivity contribution >= 4 is 55.0 Å². The molecule has 0 aliphatic carbocycles. The number of aryl methyl sites for hydroxylation is 1. The molecule has 0 bridgehead atoms. The van der Waals surface area contributed by atoms with Crippen molar-refractivity contribution in [2.45, 2.75) is 13.0 Å². The third kappa shape index (κ3) is 4.17. The lowest BCUT2D eigenvalue weighted by Gasteiger charge is -2.21. The third-order valence-corrected chi connectivity index (χ3v) is 7.06. The van der Waals surface area contributed by atoms with E-state index >= 15 is 0 Å². The van der Waals surface area contributed by atoms with Crippen LogP contribution in [0, 0.1) is 0 Å². The van der Waals surface area contributed by atoms with Crippen LogP contribution in [0.5, 0.6) is 5.75 Å². The summed E-state index contributed by atoms with van der Waals surface area (Å²) >= 11 is 7.85. The molecule has 0 aliphatic heterocycles. The molecular formula is C25H21ClN4O2S. The largest absolute Gasteiger partial charge is 0.494 e. The van der Waals surface area contributed by atoms with Crippen LogP contribution in [-0.2, 0) is 6.54 Å². The molecule has 3 aromatic carbocycles. The fourth-order valence-electron chi connectivity index (χ4n) is 3.89. The van der Waals surface area contributed by atoms with E-state index in [4.69, 9.17) is 21.3 Å². The van der Waals surface area contributed by atoms with Crippen LogP contribution < -0.4 is 9.64 Å². The molecule has 2 aromatic heterocycles. The summed E-state index contributed by atoms with van der Waals surface area (Å²) in [5, 5.41) is 3.13. The third-order valence-electron chi connectivity index (χ3n) is 5.52. The quantitative estimate of drug-likeness (QED) is 0.287. The van der Waals surface area contributed by atoms with Crippen LogP contribution in [0.4, 0.5) is 5.13 Å². The van der Waals surface area contributed by atoms with E-state index in [2.05, 4.69) is 4.98 Å². The van der Waals surface area contributed by atoms with Gasteiger partial charge in [-0.1, -0.05) is 59.3 Å². The minimum atomic E-state index is -0.0911. The molecule has 0 atom stereocenters. The second-order valence-electron chi connectivity index (χ2n) is 7.56. The van der Waals surface area contributed by atoms with Crippen molar-refractivity contribution in [2.24, 2.45) is 0 Å². The maximum Gasteiger partial charge on any atom is 0.260 e. The number of aromatic nitrogens is 3. The zero-order valence-corrected chi connectivity index (χ0v) is 19.5. The Bertz CT molecular complexity index is 1430. The molecule has 2 heterocycles. The van der Waals surface area contributed by atoms with Gasteiger partial charge in [0.1, 0.15) is 11.3 Å². The molecule has 0 radical (unpaired) electrons. The van der Waals surface area contributed by atoms with Crippen molar-refractivity contribution in [1.82, 2.24) is 14.5 Å². The Morgan fingerprint density at radius 2 is 2.00 bits per heavy atom. The van der Waals surface area contributed by atoms with Crippen molar-refractivity contribution in [3.63, 3.8) is 0 Å². The van der Waals surface area contributed by atoms with Gasteiger partial charge in [0.2, 0.25) is 0 Å². The number of methoxy groups -OCH3 is 1. The second kappa shape index (κ2) is 9.21. The number of carbonyl (C=O) groups is 1. The smallest absolute Gasteiger partial charge is 0.260 e. The standard InChI is InChI=1S/C25H21ClN4O2S/c1-32-21-11-10-20(26)23-22(21)28-25(33-23)30(14-5-13-29-15-12-27-16-29)24(31)19-9-4-7-17-6-2-3-8-18(17)19/h2-4,6-12,15-16H,5,13-14H2,1H3. The lowest BCUT2D eigenvalue weighted by atomic mass is 10.0. The molecule has 0 spiro atoms. The Labute approximate surface area is 200 Å². The summed E-state index contributed by atoms with van der Waals surface area (Å²) in [6.07, 6.45) is 6.19. The van der Waals surface area contributed by atoms with Crippen LogP contribution >= 0.6 is 22.9 Å². The number of hydrogen-bond acceptors (Lipinski definition) is 5. The van der Waals surface area contributed by atoms with Gasteiger partial charge in [0.15, 0.2) is 5.13 Å². The van der Waals surface area contributed by atoms with Crippen LogP contribution in [0.15, 0.2) is 73.3 Å². The van der Waals surface area contributed by atoms with Crippen LogP contribution in [0.25, 0.3) is 21.0 Å². The Hall–Kier alpha value is -3.42. The van der Waals surface area contributed by atoms with E-state index in [1.807, 2.05) is 53.2 Å². The summed E-state index contributed by atoms with van der Waals surface area (Å²) in [6, 6.07) is 17.3. The molecule has 33 heavy (non-hydrogen) atoms. The highest BCUT2D eigenvalue weighted by molar-refractivity contribution is 7.23. The Morgan fingerprint density at radius 1 is 1.15 bits per heavy atom. The maximum atomic E-state index is 13.9. The number of anilines is 1. The number of halogens is 1. The molecule has 0 saturated carbocycles. The fourth-order valence-corrected chi connectivity index (χ4v) is 5.17. The number of thiazole rings is 1. The number of fused-ring (bicyclic) bond motifs is 2. The molecule has 5 aromatic rings. The Kier molecular flexibility index (Phi) is 5.98. The van der Waals surface area contributed by atoms with E-state index in [-0.39, 0.29) is 5.91 Å². The van der Waals surface area contributed by atoms with Crippen molar-refractivity contribution < 1.29 is 9.53 Å². The number of amides is 1. The fraction of sp³-hybridized carbons (Fsp3) is 0.160. The number of hydrogen-bond donors (Lipinski definition) is 0. The molecule has 0 fully saturated rings. The minimum Gasteiger partial charge on any atom is -0.494 e. The maximum absolute atomic E-state index is 13.9. The molecule has 0 saturated heterocycles. The number of benzene rings is 3. The lowest BCUT2D eigenvalue weighted by molar-refractivity contribution is 0.0988. The molecular weight excluding hydrogens is 456 g/mol. The summed E-state index contributed by atoms with van der Waals surface area (Å²) in [4.78, 5) is 24.5. The molecule has 5 rings (SSSR count). The predicted molar refractivity (Wildman–Crippen MR) is 134 cm³/mol. The van der Waals surface area contributed by atoms with Gasteiger partial charge in [0, 0.05) is 31.0 Å². The summed E-state index contributed by atoms with van der Waals surface area (Å²) in [6.45, 7) is 1.24.